The first-order chi connectivity index (χ1) is 13.8. The predicted molar refractivity (Wildman–Crippen MR) is 108 cm³/mol. The van der Waals surface area contributed by atoms with Crippen LogP contribution in [0.25, 0.3) is 5.57 Å². The van der Waals surface area contributed by atoms with Gasteiger partial charge in [-0.1, -0.05) is 17.7 Å². The van der Waals surface area contributed by atoms with E-state index in [0.29, 0.717) is 16.3 Å². The number of carbonyl (C=O) groups excluding carboxylic acids is 2. The Balaban J connectivity index is 2.07. The first-order valence-corrected chi connectivity index (χ1v) is 9.09. The molecule has 8 nitrogen and oxygen atoms in total. The van der Waals surface area contributed by atoms with E-state index in [-0.39, 0.29) is 30.1 Å². The van der Waals surface area contributed by atoms with Gasteiger partial charge in [-0.25, -0.2) is 0 Å². The van der Waals surface area contributed by atoms with Crippen LogP contribution in [0.4, 0.5) is 11.4 Å². The highest BCUT2D eigenvalue weighted by molar-refractivity contribution is 6.36. The molecule has 2 aromatic rings. The summed E-state index contributed by atoms with van der Waals surface area (Å²) < 4.78 is 4.99. The van der Waals surface area contributed by atoms with Crippen molar-refractivity contribution in [3.05, 3.63) is 74.4 Å². The molecule has 3 rings (SSSR count). The van der Waals surface area contributed by atoms with Gasteiger partial charge >= 0.3 is 0 Å². The number of halogens is 1. The Kier molecular flexibility index (Phi) is 5.95. The Morgan fingerprint density at radius 1 is 1.14 bits per heavy atom. The van der Waals surface area contributed by atoms with E-state index in [4.69, 9.17) is 16.3 Å². The fourth-order valence-corrected chi connectivity index (χ4v) is 3.15. The number of nitro benzene ring substituents is 1. The molecular weight excluding hydrogens is 398 g/mol. The zero-order chi connectivity index (χ0) is 21.1. The van der Waals surface area contributed by atoms with Crippen molar-refractivity contribution in [2.24, 2.45) is 0 Å². The van der Waals surface area contributed by atoms with Gasteiger partial charge in [-0.05, 0) is 42.3 Å². The van der Waals surface area contributed by atoms with Gasteiger partial charge in [0.15, 0.2) is 0 Å². The zero-order valence-corrected chi connectivity index (χ0v) is 16.5. The van der Waals surface area contributed by atoms with Crippen LogP contribution in [0, 0.1) is 17.0 Å². The van der Waals surface area contributed by atoms with E-state index < -0.39 is 16.7 Å². The van der Waals surface area contributed by atoms with Crippen molar-refractivity contribution in [3.8, 4) is 0 Å². The molecule has 2 amide bonds. The Hall–Kier alpha value is -3.23. The van der Waals surface area contributed by atoms with Gasteiger partial charge in [0.25, 0.3) is 17.5 Å². The summed E-state index contributed by atoms with van der Waals surface area (Å²) in [5.74, 6) is -0.997. The lowest BCUT2D eigenvalue weighted by Gasteiger charge is -2.15. The van der Waals surface area contributed by atoms with E-state index in [1.165, 1.54) is 31.4 Å². The summed E-state index contributed by atoms with van der Waals surface area (Å²) in [6.45, 7) is 2.07. The molecule has 0 saturated heterocycles. The number of rotatable bonds is 7. The van der Waals surface area contributed by atoms with Crippen LogP contribution in [0.1, 0.15) is 11.1 Å². The maximum absolute atomic E-state index is 13.0. The molecule has 0 atom stereocenters. The largest absolute Gasteiger partial charge is 0.383 e. The van der Waals surface area contributed by atoms with Gasteiger partial charge < -0.3 is 10.1 Å². The minimum atomic E-state index is -0.529. The van der Waals surface area contributed by atoms with Crippen LogP contribution in [0.15, 0.2) is 48.2 Å². The van der Waals surface area contributed by atoms with E-state index in [0.717, 1.165) is 10.5 Å². The summed E-state index contributed by atoms with van der Waals surface area (Å²) in [5.41, 5.74) is 1.83. The number of imide groups is 1. The van der Waals surface area contributed by atoms with E-state index >= 15 is 0 Å². The summed E-state index contributed by atoms with van der Waals surface area (Å²) in [4.78, 5) is 37.4. The molecular formula is C20H18ClN3O5. The molecule has 2 aromatic carbocycles. The molecule has 9 heteroatoms. The number of non-ortho nitro benzene ring substituents is 1. The third-order valence-electron chi connectivity index (χ3n) is 4.58. The number of nitrogens with zero attached hydrogens (tertiary/aromatic N) is 2. The number of nitro groups is 1. The van der Waals surface area contributed by atoms with E-state index in [2.05, 4.69) is 5.32 Å². The van der Waals surface area contributed by atoms with Crippen molar-refractivity contribution in [1.29, 1.82) is 0 Å². The number of amides is 2. The summed E-state index contributed by atoms with van der Waals surface area (Å²) in [5, 5.41) is 14.5. The maximum atomic E-state index is 13.0. The first-order valence-electron chi connectivity index (χ1n) is 8.71. The molecule has 0 unspecified atom stereocenters. The van der Waals surface area contributed by atoms with Crippen molar-refractivity contribution in [2.45, 2.75) is 6.92 Å². The smallest absolute Gasteiger partial charge is 0.278 e. The van der Waals surface area contributed by atoms with Crippen molar-refractivity contribution >= 4 is 40.4 Å². The lowest BCUT2D eigenvalue weighted by molar-refractivity contribution is -0.384. The number of benzene rings is 2. The standard InChI is InChI=1S/C20H18ClN3O5/c1-12-15(21)4-3-5-16(12)22-18-17(13-6-8-14(9-7-13)24(27)28)19(25)23(20(18)26)10-11-29-2/h3-9,22H,10-11H2,1-2H3. The van der Waals surface area contributed by atoms with Crippen LogP contribution < -0.4 is 5.32 Å². The molecule has 0 saturated carbocycles. The number of nitrogens with one attached hydrogen (secondary N) is 1. The van der Waals surface area contributed by atoms with E-state index in [9.17, 15) is 19.7 Å². The summed E-state index contributed by atoms with van der Waals surface area (Å²) in [6.07, 6.45) is 0. The average Bonchev–Trinajstić information content (AvgIpc) is 2.93. The second-order valence-corrected chi connectivity index (χ2v) is 6.75. The number of methoxy groups -OCH3 is 1. The summed E-state index contributed by atoms with van der Waals surface area (Å²) in [6, 6.07) is 10.7. The SMILES string of the molecule is COCCN1C(=O)C(Nc2cccc(Cl)c2C)=C(c2ccc([N+](=O)[O-])cc2)C1=O. The third-order valence-corrected chi connectivity index (χ3v) is 4.99. The first kappa shape index (κ1) is 20.5. The quantitative estimate of drug-likeness (QED) is 0.422. The van der Waals surface area contributed by atoms with Gasteiger partial charge in [0, 0.05) is 30.0 Å². The minimum absolute atomic E-state index is 0.0877. The fourth-order valence-electron chi connectivity index (χ4n) is 2.97. The van der Waals surface area contributed by atoms with Crippen LogP contribution >= 0.6 is 11.6 Å². The van der Waals surface area contributed by atoms with E-state index in [1.807, 2.05) is 0 Å². The van der Waals surface area contributed by atoms with Crippen molar-refractivity contribution in [3.63, 3.8) is 0 Å². The topological polar surface area (TPSA) is 102 Å². The lowest BCUT2D eigenvalue weighted by Crippen LogP contribution is -2.35. The number of carbonyl (C=O) groups is 2. The number of ether oxygens (including phenoxy) is 1. The van der Waals surface area contributed by atoms with Crippen LogP contribution in [0.3, 0.4) is 0 Å². The van der Waals surface area contributed by atoms with Gasteiger partial charge in [-0.2, -0.15) is 0 Å². The van der Waals surface area contributed by atoms with Crippen molar-refractivity contribution < 1.29 is 19.2 Å². The molecule has 0 aliphatic carbocycles. The molecule has 0 aromatic heterocycles. The van der Waals surface area contributed by atoms with Crippen LogP contribution in [-0.2, 0) is 14.3 Å². The highest BCUT2D eigenvalue weighted by Crippen LogP contribution is 2.33. The van der Waals surface area contributed by atoms with Gasteiger partial charge in [0.1, 0.15) is 5.70 Å². The highest BCUT2D eigenvalue weighted by atomic mass is 35.5. The molecule has 1 N–H and O–H groups in total. The summed E-state index contributed by atoms with van der Waals surface area (Å²) >= 11 is 6.16. The lowest BCUT2D eigenvalue weighted by atomic mass is 10.0. The van der Waals surface area contributed by atoms with Crippen LogP contribution in [0.2, 0.25) is 5.02 Å². The molecule has 1 aliphatic heterocycles. The third kappa shape index (κ3) is 3.98. The Labute approximate surface area is 171 Å². The Morgan fingerprint density at radius 2 is 1.83 bits per heavy atom. The molecule has 150 valence electrons. The maximum Gasteiger partial charge on any atom is 0.278 e. The molecule has 1 heterocycles. The normalized spacial score (nSPS) is 14.0. The second-order valence-electron chi connectivity index (χ2n) is 6.35. The average molecular weight is 416 g/mol. The minimum Gasteiger partial charge on any atom is -0.383 e. The Bertz CT molecular complexity index is 1020. The summed E-state index contributed by atoms with van der Waals surface area (Å²) in [7, 11) is 1.48. The monoisotopic (exact) mass is 415 g/mol. The molecule has 0 spiro atoms. The predicted octanol–water partition coefficient (Wildman–Crippen LogP) is 3.40. The number of hydrogen-bond acceptors (Lipinski definition) is 6. The number of anilines is 1. The molecule has 0 bridgehead atoms. The highest BCUT2D eigenvalue weighted by Gasteiger charge is 2.39. The molecule has 29 heavy (non-hydrogen) atoms. The van der Waals surface area contributed by atoms with Crippen molar-refractivity contribution in [2.75, 3.05) is 25.6 Å². The van der Waals surface area contributed by atoms with Gasteiger partial charge in [-0.15, -0.1) is 0 Å². The number of hydrogen-bond donors (Lipinski definition) is 1. The van der Waals surface area contributed by atoms with Gasteiger partial charge in [0.2, 0.25) is 0 Å². The zero-order valence-electron chi connectivity index (χ0n) is 15.8. The Morgan fingerprint density at radius 3 is 2.45 bits per heavy atom. The van der Waals surface area contributed by atoms with Gasteiger partial charge in [0.05, 0.1) is 23.6 Å². The van der Waals surface area contributed by atoms with Crippen LogP contribution in [0.5, 0.6) is 0 Å². The van der Waals surface area contributed by atoms with Crippen molar-refractivity contribution in [1.82, 2.24) is 4.90 Å². The van der Waals surface area contributed by atoms with Crippen LogP contribution in [-0.4, -0.2) is 41.9 Å². The second kappa shape index (κ2) is 8.42. The fraction of sp³-hybridized carbons (Fsp3) is 0.200. The molecule has 1 aliphatic rings. The molecule has 0 fully saturated rings. The van der Waals surface area contributed by atoms with E-state index in [1.54, 1.807) is 25.1 Å². The molecule has 0 radical (unpaired) electrons. The van der Waals surface area contributed by atoms with Gasteiger partial charge in [-0.3, -0.25) is 24.6 Å².